The van der Waals surface area contributed by atoms with Crippen molar-refractivity contribution in [3.63, 3.8) is 0 Å². The molecule has 0 unspecified atom stereocenters. The van der Waals surface area contributed by atoms with Crippen molar-refractivity contribution in [1.29, 1.82) is 0 Å². The molecule has 4 heteroatoms. The molecule has 0 N–H and O–H groups in total. The minimum absolute atomic E-state index is 0.168. The molecular weight excluding hydrogens is 243 g/mol. The summed E-state index contributed by atoms with van der Waals surface area (Å²) in [5, 5.41) is 0.840. The number of aldehydes is 1. The molecule has 98 valence electrons. The number of fused-ring (bicyclic) bond motifs is 1. The minimum atomic E-state index is -0.290. The molecule has 19 heavy (non-hydrogen) atoms. The van der Waals surface area contributed by atoms with Gasteiger partial charge in [-0.3, -0.25) is 4.98 Å². The van der Waals surface area contributed by atoms with Gasteiger partial charge >= 0.3 is 0 Å². The number of aromatic nitrogens is 1. The number of halogens is 1. The third-order valence-corrected chi connectivity index (χ3v) is 3.77. The maximum atomic E-state index is 13.7. The summed E-state index contributed by atoms with van der Waals surface area (Å²) in [7, 11) is 0. The van der Waals surface area contributed by atoms with Crippen LogP contribution in [0.3, 0.4) is 0 Å². The minimum Gasteiger partial charge on any atom is -0.371 e. The van der Waals surface area contributed by atoms with Gasteiger partial charge in [-0.2, -0.15) is 0 Å². The molecule has 1 aromatic heterocycles. The summed E-state index contributed by atoms with van der Waals surface area (Å²) in [5.41, 5.74) is 1.42. The fourth-order valence-corrected chi connectivity index (χ4v) is 2.68. The van der Waals surface area contributed by atoms with Gasteiger partial charge < -0.3 is 9.69 Å². The largest absolute Gasteiger partial charge is 0.371 e. The van der Waals surface area contributed by atoms with Gasteiger partial charge in [0.1, 0.15) is 17.6 Å². The highest BCUT2D eigenvalue weighted by molar-refractivity contribution is 5.92. The number of anilines is 1. The lowest BCUT2D eigenvalue weighted by atomic mass is 9.97. The second kappa shape index (κ2) is 4.96. The molecule has 0 spiro atoms. The van der Waals surface area contributed by atoms with E-state index in [0.29, 0.717) is 5.52 Å². The summed E-state index contributed by atoms with van der Waals surface area (Å²) < 4.78 is 13.7. The van der Waals surface area contributed by atoms with Crippen LogP contribution in [-0.4, -0.2) is 24.4 Å². The Hall–Kier alpha value is -1.97. The molecule has 1 aliphatic heterocycles. The van der Waals surface area contributed by atoms with Crippen molar-refractivity contribution in [3.8, 4) is 0 Å². The maximum Gasteiger partial charge on any atom is 0.149 e. The van der Waals surface area contributed by atoms with E-state index >= 15 is 0 Å². The Morgan fingerprint density at radius 3 is 2.79 bits per heavy atom. The molecule has 0 atom stereocenters. The van der Waals surface area contributed by atoms with Crippen molar-refractivity contribution in [2.24, 2.45) is 5.92 Å². The third-order valence-electron chi connectivity index (χ3n) is 3.77. The average molecular weight is 258 g/mol. The van der Waals surface area contributed by atoms with Crippen molar-refractivity contribution in [3.05, 3.63) is 36.3 Å². The molecule has 3 nitrogen and oxygen atoms in total. The lowest BCUT2D eigenvalue weighted by Gasteiger charge is -2.32. The summed E-state index contributed by atoms with van der Waals surface area (Å²) in [6.45, 7) is 1.66. The Kier molecular flexibility index (Phi) is 3.15. The van der Waals surface area contributed by atoms with Crippen molar-refractivity contribution < 1.29 is 9.18 Å². The molecule has 2 heterocycles. The topological polar surface area (TPSA) is 33.2 Å². The van der Waals surface area contributed by atoms with E-state index in [4.69, 9.17) is 0 Å². The number of hydrogen-bond acceptors (Lipinski definition) is 3. The van der Waals surface area contributed by atoms with Crippen LogP contribution in [0.2, 0.25) is 0 Å². The molecule has 0 bridgehead atoms. The van der Waals surface area contributed by atoms with Gasteiger partial charge in [-0.15, -0.1) is 0 Å². The summed E-state index contributed by atoms with van der Waals surface area (Å²) in [6.07, 6.45) is 4.38. The number of pyridine rings is 1. The van der Waals surface area contributed by atoms with E-state index in [9.17, 15) is 9.18 Å². The molecule has 0 amide bonds. The van der Waals surface area contributed by atoms with Gasteiger partial charge in [0.25, 0.3) is 0 Å². The SMILES string of the molecule is O=CC1CCN(c2ccc(F)c3ncccc23)CC1. The van der Waals surface area contributed by atoms with Crippen LogP contribution in [0.4, 0.5) is 10.1 Å². The van der Waals surface area contributed by atoms with E-state index < -0.39 is 0 Å². The van der Waals surface area contributed by atoms with Crippen molar-refractivity contribution in [2.75, 3.05) is 18.0 Å². The number of hydrogen-bond donors (Lipinski definition) is 0. The second-order valence-electron chi connectivity index (χ2n) is 4.93. The Morgan fingerprint density at radius 2 is 2.05 bits per heavy atom. The van der Waals surface area contributed by atoms with Crippen LogP contribution in [0.15, 0.2) is 30.5 Å². The molecule has 1 aromatic carbocycles. The standard InChI is InChI=1S/C15H15FN2O/c16-13-3-4-14(12-2-1-7-17-15(12)13)18-8-5-11(10-19)6-9-18/h1-4,7,10-11H,5-6,8-9H2. The van der Waals surface area contributed by atoms with Crippen LogP contribution in [0.5, 0.6) is 0 Å². The summed E-state index contributed by atoms with van der Waals surface area (Å²) in [5.74, 6) is -0.122. The fraction of sp³-hybridized carbons (Fsp3) is 0.333. The number of rotatable bonds is 2. The van der Waals surface area contributed by atoms with E-state index in [1.54, 1.807) is 12.3 Å². The van der Waals surface area contributed by atoms with Gasteiger partial charge in [0.05, 0.1) is 0 Å². The normalized spacial score (nSPS) is 16.8. The first-order chi connectivity index (χ1) is 9.29. The van der Waals surface area contributed by atoms with Crippen LogP contribution in [0.1, 0.15) is 12.8 Å². The number of nitrogens with zero attached hydrogens (tertiary/aromatic N) is 2. The predicted molar refractivity (Wildman–Crippen MR) is 72.7 cm³/mol. The zero-order chi connectivity index (χ0) is 13.2. The van der Waals surface area contributed by atoms with E-state index in [1.807, 2.05) is 12.1 Å². The van der Waals surface area contributed by atoms with E-state index in [0.717, 1.165) is 43.3 Å². The third kappa shape index (κ3) is 2.18. The maximum absolute atomic E-state index is 13.7. The lowest BCUT2D eigenvalue weighted by molar-refractivity contribution is -0.111. The zero-order valence-electron chi connectivity index (χ0n) is 10.6. The van der Waals surface area contributed by atoms with Crippen molar-refractivity contribution in [2.45, 2.75) is 12.8 Å². The molecule has 0 radical (unpaired) electrons. The molecule has 1 aliphatic rings. The smallest absolute Gasteiger partial charge is 0.149 e. The molecular formula is C15H15FN2O. The lowest BCUT2D eigenvalue weighted by Crippen LogP contribution is -2.34. The number of carbonyl (C=O) groups is 1. The van der Waals surface area contributed by atoms with Crippen LogP contribution in [-0.2, 0) is 4.79 Å². The first kappa shape index (κ1) is 12.1. The van der Waals surface area contributed by atoms with Crippen molar-refractivity contribution in [1.82, 2.24) is 4.98 Å². The summed E-state index contributed by atoms with van der Waals surface area (Å²) in [6, 6.07) is 6.99. The van der Waals surface area contributed by atoms with Crippen LogP contribution < -0.4 is 4.90 Å². The molecule has 0 saturated carbocycles. The fourth-order valence-electron chi connectivity index (χ4n) is 2.68. The van der Waals surface area contributed by atoms with Crippen LogP contribution in [0, 0.1) is 11.7 Å². The monoisotopic (exact) mass is 258 g/mol. The molecule has 1 saturated heterocycles. The predicted octanol–water partition coefficient (Wildman–Crippen LogP) is 2.79. The van der Waals surface area contributed by atoms with Gasteiger partial charge in [-0.05, 0) is 37.1 Å². The van der Waals surface area contributed by atoms with Crippen LogP contribution in [0.25, 0.3) is 10.9 Å². The van der Waals surface area contributed by atoms with Gasteiger partial charge in [0.15, 0.2) is 0 Å². The van der Waals surface area contributed by atoms with Crippen LogP contribution >= 0.6 is 0 Å². The second-order valence-corrected chi connectivity index (χ2v) is 4.93. The molecule has 2 aromatic rings. The first-order valence-electron chi connectivity index (χ1n) is 6.53. The molecule has 1 fully saturated rings. The zero-order valence-corrected chi connectivity index (χ0v) is 10.6. The van der Waals surface area contributed by atoms with E-state index in [2.05, 4.69) is 9.88 Å². The average Bonchev–Trinajstić information content (AvgIpc) is 2.48. The Labute approximate surface area is 111 Å². The quantitative estimate of drug-likeness (QED) is 0.777. The number of piperidine rings is 1. The van der Waals surface area contributed by atoms with Gasteiger partial charge in [-0.1, -0.05) is 0 Å². The summed E-state index contributed by atoms with van der Waals surface area (Å²) >= 11 is 0. The molecule has 3 rings (SSSR count). The van der Waals surface area contributed by atoms with E-state index in [1.165, 1.54) is 6.07 Å². The Balaban J connectivity index is 1.97. The van der Waals surface area contributed by atoms with E-state index in [-0.39, 0.29) is 11.7 Å². The highest BCUT2D eigenvalue weighted by atomic mass is 19.1. The highest BCUT2D eigenvalue weighted by Crippen LogP contribution is 2.30. The summed E-state index contributed by atoms with van der Waals surface area (Å²) in [4.78, 5) is 17.1. The van der Waals surface area contributed by atoms with Crippen molar-refractivity contribution >= 4 is 22.9 Å². The van der Waals surface area contributed by atoms with Gasteiger partial charge in [-0.25, -0.2) is 4.39 Å². The number of benzene rings is 1. The highest BCUT2D eigenvalue weighted by Gasteiger charge is 2.20. The first-order valence-corrected chi connectivity index (χ1v) is 6.53. The number of carbonyl (C=O) groups excluding carboxylic acids is 1. The molecule has 0 aliphatic carbocycles. The van der Waals surface area contributed by atoms with Gasteiger partial charge in [0, 0.05) is 36.3 Å². The Morgan fingerprint density at radius 1 is 1.26 bits per heavy atom. The van der Waals surface area contributed by atoms with Gasteiger partial charge in [0.2, 0.25) is 0 Å². The Bertz CT molecular complexity index is 606.